The molecule has 134 valence electrons. The quantitative estimate of drug-likeness (QED) is 0.843. The highest BCUT2D eigenvalue weighted by Gasteiger charge is 2.30. The molecule has 2 unspecified atom stereocenters. The van der Waals surface area contributed by atoms with Crippen LogP contribution in [0.5, 0.6) is 5.75 Å². The van der Waals surface area contributed by atoms with Gasteiger partial charge in [0.25, 0.3) is 0 Å². The topological polar surface area (TPSA) is 55.6 Å². The first-order chi connectivity index (χ1) is 12.0. The number of rotatable bonds is 4. The molecule has 0 radical (unpaired) electrons. The highest BCUT2D eigenvalue weighted by Crippen LogP contribution is 2.31. The average molecular weight is 342 g/mol. The van der Waals surface area contributed by atoms with Crippen molar-refractivity contribution >= 4 is 5.91 Å². The Kier molecular flexibility index (Phi) is 5.11. The van der Waals surface area contributed by atoms with Crippen molar-refractivity contribution in [3.05, 3.63) is 35.7 Å². The number of hydrogen-bond donors (Lipinski definition) is 0. The fraction of sp³-hybridized carbons (Fsp3) is 0.500. The Labute approximate surface area is 149 Å². The van der Waals surface area contributed by atoms with E-state index >= 15 is 0 Å². The van der Waals surface area contributed by atoms with E-state index in [4.69, 9.17) is 9.15 Å². The van der Waals surface area contributed by atoms with Crippen LogP contribution in [-0.2, 0) is 11.2 Å². The summed E-state index contributed by atoms with van der Waals surface area (Å²) < 4.78 is 11.2. The third-order valence-electron chi connectivity index (χ3n) is 5.03. The molecule has 1 saturated heterocycles. The van der Waals surface area contributed by atoms with Crippen LogP contribution in [0.2, 0.25) is 0 Å². The third-order valence-corrected chi connectivity index (χ3v) is 5.03. The number of piperidine rings is 1. The Morgan fingerprint density at radius 3 is 2.64 bits per heavy atom. The zero-order valence-corrected chi connectivity index (χ0v) is 15.4. The van der Waals surface area contributed by atoms with Crippen molar-refractivity contribution in [2.75, 3.05) is 7.11 Å². The van der Waals surface area contributed by atoms with Crippen LogP contribution in [0.3, 0.4) is 0 Å². The summed E-state index contributed by atoms with van der Waals surface area (Å²) in [7, 11) is 1.62. The van der Waals surface area contributed by atoms with Crippen molar-refractivity contribution in [1.29, 1.82) is 0 Å². The number of methoxy groups -OCH3 is 1. The predicted octanol–water partition coefficient (Wildman–Crippen LogP) is 3.99. The molecular formula is C20H26N2O3. The minimum Gasteiger partial charge on any atom is -0.496 e. The summed E-state index contributed by atoms with van der Waals surface area (Å²) in [6.07, 6.45) is 3.60. The summed E-state index contributed by atoms with van der Waals surface area (Å²) in [5, 5.41) is 0. The van der Waals surface area contributed by atoms with Gasteiger partial charge in [0.1, 0.15) is 11.5 Å². The SMILES string of the molecule is COc1ccccc1-c1nc(CC(=O)N2C(C)CCCC2C)c(C)o1. The molecule has 0 aliphatic carbocycles. The molecule has 5 heteroatoms. The number of aryl methyl sites for hydroxylation is 1. The van der Waals surface area contributed by atoms with Crippen LogP contribution < -0.4 is 4.74 Å². The van der Waals surface area contributed by atoms with Crippen LogP contribution in [0.1, 0.15) is 44.6 Å². The van der Waals surface area contributed by atoms with E-state index in [0.29, 0.717) is 23.1 Å². The van der Waals surface area contributed by atoms with E-state index in [1.807, 2.05) is 36.1 Å². The summed E-state index contributed by atoms with van der Waals surface area (Å²) >= 11 is 0. The van der Waals surface area contributed by atoms with E-state index in [1.165, 1.54) is 6.42 Å². The number of para-hydroxylation sites is 1. The van der Waals surface area contributed by atoms with Crippen LogP contribution in [0.25, 0.3) is 11.5 Å². The molecule has 1 aliphatic rings. The van der Waals surface area contributed by atoms with E-state index in [0.717, 1.165) is 18.4 Å². The molecular weight excluding hydrogens is 316 g/mol. The monoisotopic (exact) mass is 342 g/mol. The van der Waals surface area contributed by atoms with Gasteiger partial charge in [0.2, 0.25) is 11.8 Å². The molecule has 0 N–H and O–H groups in total. The molecule has 2 heterocycles. The lowest BCUT2D eigenvalue weighted by Crippen LogP contribution is -2.48. The molecule has 5 nitrogen and oxygen atoms in total. The van der Waals surface area contributed by atoms with Gasteiger partial charge in [0.15, 0.2) is 0 Å². The zero-order chi connectivity index (χ0) is 18.0. The first-order valence-electron chi connectivity index (χ1n) is 8.92. The van der Waals surface area contributed by atoms with Crippen molar-refractivity contribution in [3.8, 4) is 17.2 Å². The van der Waals surface area contributed by atoms with Gasteiger partial charge in [-0.3, -0.25) is 4.79 Å². The smallest absolute Gasteiger partial charge is 0.230 e. The van der Waals surface area contributed by atoms with E-state index in [2.05, 4.69) is 18.8 Å². The van der Waals surface area contributed by atoms with E-state index in [9.17, 15) is 4.79 Å². The van der Waals surface area contributed by atoms with Crippen molar-refractivity contribution < 1.29 is 13.9 Å². The van der Waals surface area contributed by atoms with Crippen LogP contribution in [-0.4, -0.2) is 35.0 Å². The minimum atomic E-state index is 0.127. The van der Waals surface area contributed by atoms with Crippen molar-refractivity contribution in [2.45, 2.75) is 58.5 Å². The maximum Gasteiger partial charge on any atom is 0.230 e. The maximum absolute atomic E-state index is 12.8. The lowest BCUT2D eigenvalue weighted by molar-refractivity contribution is -0.136. The molecule has 2 aromatic rings. The molecule has 2 atom stereocenters. The number of benzene rings is 1. The second-order valence-electron chi connectivity index (χ2n) is 6.83. The lowest BCUT2D eigenvalue weighted by atomic mass is 9.97. The van der Waals surface area contributed by atoms with Crippen molar-refractivity contribution in [1.82, 2.24) is 9.88 Å². The Hall–Kier alpha value is -2.30. The normalized spacial score (nSPS) is 20.6. The summed E-state index contributed by atoms with van der Waals surface area (Å²) in [5.74, 6) is 2.02. The van der Waals surface area contributed by atoms with Crippen LogP contribution in [0.15, 0.2) is 28.7 Å². The average Bonchev–Trinajstić information content (AvgIpc) is 2.95. The number of carbonyl (C=O) groups is 1. The van der Waals surface area contributed by atoms with Crippen molar-refractivity contribution in [2.24, 2.45) is 0 Å². The zero-order valence-electron chi connectivity index (χ0n) is 15.4. The summed E-state index contributed by atoms with van der Waals surface area (Å²) in [6.45, 7) is 6.12. The summed E-state index contributed by atoms with van der Waals surface area (Å²) in [4.78, 5) is 19.4. The van der Waals surface area contributed by atoms with Crippen LogP contribution >= 0.6 is 0 Å². The highest BCUT2D eigenvalue weighted by molar-refractivity contribution is 5.79. The molecule has 25 heavy (non-hydrogen) atoms. The lowest BCUT2D eigenvalue weighted by Gasteiger charge is -2.39. The number of carbonyl (C=O) groups excluding carboxylic acids is 1. The van der Waals surface area contributed by atoms with E-state index in [-0.39, 0.29) is 24.4 Å². The van der Waals surface area contributed by atoms with Gasteiger partial charge in [-0.15, -0.1) is 0 Å². The number of aromatic nitrogens is 1. The van der Waals surface area contributed by atoms with E-state index in [1.54, 1.807) is 7.11 Å². The molecule has 1 aliphatic heterocycles. The Morgan fingerprint density at radius 1 is 1.28 bits per heavy atom. The molecule has 1 amide bonds. The van der Waals surface area contributed by atoms with Gasteiger partial charge < -0.3 is 14.1 Å². The molecule has 1 fully saturated rings. The van der Waals surface area contributed by atoms with Gasteiger partial charge in [0, 0.05) is 12.1 Å². The Morgan fingerprint density at radius 2 is 1.96 bits per heavy atom. The fourth-order valence-corrected chi connectivity index (χ4v) is 3.68. The molecule has 1 aromatic heterocycles. The second-order valence-corrected chi connectivity index (χ2v) is 6.83. The van der Waals surface area contributed by atoms with Gasteiger partial charge in [-0.1, -0.05) is 12.1 Å². The molecule has 0 spiro atoms. The molecule has 0 saturated carbocycles. The van der Waals surface area contributed by atoms with Gasteiger partial charge in [-0.05, 0) is 52.2 Å². The number of amides is 1. The standard InChI is InChI=1S/C20H26N2O3/c1-13-8-7-9-14(2)22(13)19(23)12-17-15(3)25-20(21-17)16-10-5-6-11-18(16)24-4/h5-6,10-11,13-14H,7-9,12H2,1-4H3. The number of likely N-dealkylation sites (tertiary alicyclic amines) is 1. The second kappa shape index (κ2) is 7.30. The minimum absolute atomic E-state index is 0.127. The number of nitrogens with zero attached hydrogens (tertiary/aromatic N) is 2. The highest BCUT2D eigenvalue weighted by atomic mass is 16.5. The fourth-order valence-electron chi connectivity index (χ4n) is 3.68. The Balaban J connectivity index is 1.82. The van der Waals surface area contributed by atoms with Gasteiger partial charge in [-0.2, -0.15) is 0 Å². The molecule has 3 rings (SSSR count). The van der Waals surface area contributed by atoms with Gasteiger partial charge >= 0.3 is 0 Å². The largest absolute Gasteiger partial charge is 0.496 e. The van der Waals surface area contributed by atoms with Crippen LogP contribution in [0, 0.1) is 6.92 Å². The van der Waals surface area contributed by atoms with Gasteiger partial charge in [-0.25, -0.2) is 4.98 Å². The summed E-state index contributed by atoms with van der Waals surface area (Å²) in [6, 6.07) is 8.18. The number of ether oxygens (including phenoxy) is 1. The summed E-state index contributed by atoms with van der Waals surface area (Å²) in [5.41, 5.74) is 1.50. The third kappa shape index (κ3) is 3.55. The number of hydrogen-bond acceptors (Lipinski definition) is 4. The first kappa shape index (κ1) is 17.5. The van der Waals surface area contributed by atoms with Gasteiger partial charge in [0.05, 0.1) is 24.8 Å². The van der Waals surface area contributed by atoms with E-state index < -0.39 is 0 Å². The van der Waals surface area contributed by atoms with Crippen LogP contribution in [0.4, 0.5) is 0 Å². The molecule has 1 aromatic carbocycles. The van der Waals surface area contributed by atoms with Crippen molar-refractivity contribution in [3.63, 3.8) is 0 Å². The maximum atomic E-state index is 12.8. The first-order valence-corrected chi connectivity index (χ1v) is 8.92. The number of oxazole rings is 1. The Bertz CT molecular complexity index is 743. The predicted molar refractivity (Wildman–Crippen MR) is 96.6 cm³/mol. The molecule has 0 bridgehead atoms.